The van der Waals surface area contributed by atoms with Crippen LogP contribution >= 0.6 is 0 Å². The fourth-order valence-corrected chi connectivity index (χ4v) is 4.64. The van der Waals surface area contributed by atoms with Crippen LogP contribution < -0.4 is 0 Å². The van der Waals surface area contributed by atoms with E-state index in [1.807, 2.05) is 0 Å². The van der Waals surface area contributed by atoms with Crippen molar-refractivity contribution >= 4 is 0 Å². The molecule has 2 saturated carbocycles. The molecule has 0 amide bonds. The first-order valence-corrected chi connectivity index (χ1v) is 9.66. The number of hydrogen-bond acceptors (Lipinski definition) is 4. The number of aliphatic hydroxyl groups is 1. The van der Waals surface area contributed by atoms with Gasteiger partial charge in [0.2, 0.25) is 0 Å². The topological polar surface area (TPSA) is 47.9 Å². The van der Waals surface area contributed by atoms with Gasteiger partial charge >= 0.3 is 0 Å². The molecule has 140 valence electrons. The van der Waals surface area contributed by atoms with Gasteiger partial charge in [0.1, 0.15) is 0 Å². The molecule has 0 spiro atoms. The van der Waals surface area contributed by atoms with Gasteiger partial charge in [-0.2, -0.15) is 0 Å². The average molecular weight is 341 g/mol. The Balaban J connectivity index is 1.68. The Hall–Kier alpha value is -0.420. The van der Waals surface area contributed by atoms with E-state index in [0.717, 1.165) is 24.9 Å². The molecule has 0 saturated heterocycles. The number of aliphatic hydroxyl groups excluding tert-OH is 1. The fraction of sp³-hybridized carbons (Fsp3) is 0.900. The molecular formula is C20H36O4. The molecule has 5 atom stereocenters. The molecule has 4 heteroatoms. The van der Waals surface area contributed by atoms with E-state index in [-0.39, 0.29) is 6.10 Å². The van der Waals surface area contributed by atoms with E-state index in [2.05, 4.69) is 12.2 Å². The first-order chi connectivity index (χ1) is 11.8. The number of rotatable bonds is 12. The molecule has 0 aromatic carbocycles. The van der Waals surface area contributed by atoms with Crippen molar-refractivity contribution in [3.63, 3.8) is 0 Å². The van der Waals surface area contributed by atoms with Gasteiger partial charge in [-0.05, 0) is 43.4 Å². The van der Waals surface area contributed by atoms with Crippen molar-refractivity contribution in [2.45, 2.75) is 51.0 Å². The lowest BCUT2D eigenvalue weighted by Gasteiger charge is -2.18. The summed E-state index contributed by atoms with van der Waals surface area (Å²) in [6, 6.07) is 0. The molecule has 0 radical (unpaired) electrons. The van der Waals surface area contributed by atoms with Gasteiger partial charge in [0.25, 0.3) is 0 Å². The zero-order valence-electron chi connectivity index (χ0n) is 15.5. The third-order valence-electron chi connectivity index (χ3n) is 5.80. The Kier molecular flexibility index (Phi) is 9.32. The highest BCUT2D eigenvalue weighted by Gasteiger charge is 2.46. The van der Waals surface area contributed by atoms with Crippen molar-refractivity contribution in [1.82, 2.24) is 0 Å². The minimum atomic E-state index is -0.155. The minimum Gasteiger partial charge on any atom is -0.392 e. The highest BCUT2D eigenvalue weighted by atomic mass is 16.5. The molecule has 0 aromatic rings. The van der Waals surface area contributed by atoms with Crippen LogP contribution in [0.25, 0.3) is 0 Å². The third kappa shape index (κ3) is 6.14. The molecule has 0 heterocycles. The van der Waals surface area contributed by atoms with E-state index in [1.165, 1.54) is 38.5 Å². The number of hydrogen-bond donors (Lipinski definition) is 1. The lowest BCUT2D eigenvalue weighted by molar-refractivity contribution is 0.0847. The molecule has 0 aromatic heterocycles. The summed E-state index contributed by atoms with van der Waals surface area (Å²) in [6.07, 6.45) is 12.9. The predicted molar refractivity (Wildman–Crippen MR) is 96.0 cm³/mol. The van der Waals surface area contributed by atoms with Gasteiger partial charge in [0.05, 0.1) is 25.9 Å². The van der Waals surface area contributed by atoms with E-state index in [4.69, 9.17) is 14.2 Å². The van der Waals surface area contributed by atoms with Crippen LogP contribution in [0.4, 0.5) is 0 Å². The van der Waals surface area contributed by atoms with Crippen LogP contribution in [0.15, 0.2) is 12.2 Å². The fourth-order valence-electron chi connectivity index (χ4n) is 4.64. The minimum absolute atomic E-state index is 0.155. The summed E-state index contributed by atoms with van der Waals surface area (Å²) in [5, 5.41) is 10.4. The lowest BCUT2D eigenvalue weighted by Crippen LogP contribution is -2.17. The first-order valence-electron chi connectivity index (χ1n) is 9.66. The maximum atomic E-state index is 10.4. The zero-order valence-corrected chi connectivity index (χ0v) is 15.5. The van der Waals surface area contributed by atoms with Crippen LogP contribution in [0.1, 0.15) is 44.9 Å². The second-order valence-corrected chi connectivity index (χ2v) is 7.48. The monoisotopic (exact) mass is 340 g/mol. The highest BCUT2D eigenvalue weighted by Crippen LogP contribution is 2.51. The largest absolute Gasteiger partial charge is 0.392 e. The van der Waals surface area contributed by atoms with E-state index in [9.17, 15) is 5.11 Å². The Morgan fingerprint density at radius 2 is 1.79 bits per heavy atom. The van der Waals surface area contributed by atoms with Gasteiger partial charge in [-0.25, -0.2) is 0 Å². The summed E-state index contributed by atoms with van der Waals surface area (Å²) >= 11 is 0. The molecular weight excluding hydrogens is 304 g/mol. The maximum Gasteiger partial charge on any atom is 0.0704 e. The summed E-state index contributed by atoms with van der Waals surface area (Å²) in [5.41, 5.74) is 0. The van der Waals surface area contributed by atoms with Crippen LogP contribution in [0.2, 0.25) is 0 Å². The van der Waals surface area contributed by atoms with Crippen molar-refractivity contribution in [2.75, 3.05) is 40.6 Å². The molecule has 0 bridgehead atoms. The van der Waals surface area contributed by atoms with E-state index < -0.39 is 0 Å². The van der Waals surface area contributed by atoms with Crippen LogP contribution in [-0.4, -0.2) is 51.9 Å². The summed E-state index contributed by atoms with van der Waals surface area (Å²) in [5.74, 6) is 2.61. The molecule has 2 aliphatic rings. The lowest BCUT2D eigenvalue weighted by atomic mass is 9.89. The number of ether oxygens (including phenoxy) is 3. The normalized spacial score (nSPS) is 32.7. The Morgan fingerprint density at radius 1 is 0.958 bits per heavy atom. The molecule has 24 heavy (non-hydrogen) atoms. The number of methoxy groups -OCH3 is 2. The van der Waals surface area contributed by atoms with Crippen molar-refractivity contribution in [1.29, 1.82) is 0 Å². The van der Waals surface area contributed by atoms with Crippen molar-refractivity contribution in [3.05, 3.63) is 12.2 Å². The summed E-state index contributed by atoms with van der Waals surface area (Å²) in [6.45, 7) is 2.77. The average Bonchev–Trinajstić information content (AvgIpc) is 3.08. The SMILES string of the molecule is COCCCCCC1CC2C[C@@H](O)[C@H](/C=C/COCCOC)C2C1. The van der Waals surface area contributed by atoms with E-state index in [1.54, 1.807) is 14.2 Å². The standard InChI is InChI=1S/C20H36O4/c1-22-9-5-3-4-7-16-13-17-15-20(21)18(19(17)14-16)8-6-10-24-12-11-23-2/h6,8,16-21H,3-5,7,9-15H2,1-2H3/b8-6+/t16?,17?,18-,19?,20-/m1/s1. The van der Waals surface area contributed by atoms with Crippen molar-refractivity contribution in [3.8, 4) is 0 Å². The molecule has 2 aliphatic carbocycles. The summed E-state index contributed by atoms with van der Waals surface area (Å²) in [7, 11) is 3.46. The molecule has 1 N–H and O–H groups in total. The zero-order chi connectivity index (χ0) is 17.2. The molecule has 0 aliphatic heterocycles. The van der Waals surface area contributed by atoms with Gasteiger partial charge in [-0.3, -0.25) is 0 Å². The van der Waals surface area contributed by atoms with Crippen LogP contribution in [0.5, 0.6) is 0 Å². The predicted octanol–water partition coefficient (Wildman–Crippen LogP) is 3.44. The smallest absolute Gasteiger partial charge is 0.0704 e. The second-order valence-electron chi connectivity index (χ2n) is 7.48. The molecule has 2 rings (SSSR count). The van der Waals surface area contributed by atoms with Crippen LogP contribution in [-0.2, 0) is 14.2 Å². The summed E-state index contributed by atoms with van der Waals surface area (Å²) < 4.78 is 15.6. The third-order valence-corrected chi connectivity index (χ3v) is 5.80. The van der Waals surface area contributed by atoms with E-state index in [0.29, 0.717) is 31.7 Å². The van der Waals surface area contributed by atoms with Gasteiger partial charge in [-0.15, -0.1) is 0 Å². The van der Waals surface area contributed by atoms with Gasteiger partial charge in [-0.1, -0.05) is 31.4 Å². The highest BCUT2D eigenvalue weighted by molar-refractivity contribution is 5.05. The Morgan fingerprint density at radius 3 is 2.58 bits per heavy atom. The van der Waals surface area contributed by atoms with Crippen molar-refractivity contribution < 1.29 is 19.3 Å². The number of unbranched alkanes of at least 4 members (excludes halogenated alkanes) is 2. The second kappa shape index (κ2) is 11.2. The van der Waals surface area contributed by atoms with Gasteiger partial charge in [0, 0.05) is 26.7 Å². The van der Waals surface area contributed by atoms with Crippen LogP contribution in [0.3, 0.4) is 0 Å². The first kappa shape index (κ1) is 19.9. The molecule has 4 nitrogen and oxygen atoms in total. The quantitative estimate of drug-likeness (QED) is 0.437. The summed E-state index contributed by atoms with van der Waals surface area (Å²) in [4.78, 5) is 0. The van der Waals surface area contributed by atoms with Crippen LogP contribution in [0, 0.1) is 23.7 Å². The number of fused-ring (bicyclic) bond motifs is 1. The maximum absolute atomic E-state index is 10.4. The van der Waals surface area contributed by atoms with Gasteiger partial charge < -0.3 is 19.3 Å². The Bertz CT molecular complexity index is 358. The Labute approximate surface area is 147 Å². The van der Waals surface area contributed by atoms with Crippen molar-refractivity contribution in [2.24, 2.45) is 23.7 Å². The van der Waals surface area contributed by atoms with Gasteiger partial charge in [0.15, 0.2) is 0 Å². The van der Waals surface area contributed by atoms with E-state index >= 15 is 0 Å². The molecule has 2 fully saturated rings. The molecule has 3 unspecified atom stereocenters.